The van der Waals surface area contributed by atoms with Crippen LogP contribution in [0.5, 0.6) is 0 Å². The quantitative estimate of drug-likeness (QED) is 0.394. The topological polar surface area (TPSA) is 152 Å². The van der Waals surface area contributed by atoms with Crippen molar-refractivity contribution in [2.45, 2.75) is 76.5 Å². The number of aromatic nitrogens is 2. The summed E-state index contributed by atoms with van der Waals surface area (Å²) in [6.07, 6.45) is 6.92. The number of piperazine rings is 1. The summed E-state index contributed by atoms with van der Waals surface area (Å²) in [6, 6.07) is 10.3. The van der Waals surface area contributed by atoms with Gasteiger partial charge in [-0.3, -0.25) is 14.7 Å². The molecular weight excluding hydrogens is 532 g/mol. The summed E-state index contributed by atoms with van der Waals surface area (Å²) < 4.78 is 1.45. The third kappa shape index (κ3) is 8.26. The van der Waals surface area contributed by atoms with Crippen LogP contribution in [0.15, 0.2) is 41.3 Å². The van der Waals surface area contributed by atoms with Crippen molar-refractivity contribution in [3.63, 3.8) is 0 Å². The lowest BCUT2D eigenvalue weighted by molar-refractivity contribution is -0.137. The van der Waals surface area contributed by atoms with Gasteiger partial charge in [-0.1, -0.05) is 12.1 Å². The van der Waals surface area contributed by atoms with Crippen molar-refractivity contribution < 1.29 is 9.59 Å². The van der Waals surface area contributed by atoms with Crippen LogP contribution in [0.2, 0.25) is 0 Å². The molecule has 2 aliphatic rings. The van der Waals surface area contributed by atoms with Crippen LogP contribution in [0.4, 0.5) is 10.6 Å². The molecular formula is C28H43ClN8O3. The molecule has 0 radical (unpaired) electrons. The first kappa shape index (κ1) is 31.5. The molecule has 1 saturated heterocycles. The number of carbonyl (C=O) groups excluding carboxylic acids is 2. The fourth-order valence-electron chi connectivity index (χ4n) is 5.27. The fraction of sp³-hybridized carbons (Fsp3) is 0.571. The zero-order chi connectivity index (χ0) is 28.2. The van der Waals surface area contributed by atoms with Gasteiger partial charge in [0.25, 0.3) is 0 Å². The Morgan fingerprint density at radius 2 is 1.62 bits per heavy atom. The van der Waals surface area contributed by atoms with Gasteiger partial charge in [0.2, 0.25) is 5.91 Å². The first-order valence-corrected chi connectivity index (χ1v) is 13.8. The molecule has 0 bridgehead atoms. The van der Waals surface area contributed by atoms with Crippen molar-refractivity contribution in [2.75, 3.05) is 31.5 Å². The molecule has 11 nitrogen and oxygen atoms in total. The number of anilines is 1. The number of nitrogens with zero attached hydrogens (tertiary/aromatic N) is 4. The van der Waals surface area contributed by atoms with Crippen molar-refractivity contribution in [3.05, 3.63) is 52.6 Å². The summed E-state index contributed by atoms with van der Waals surface area (Å²) >= 11 is 0. The summed E-state index contributed by atoms with van der Waals surface area (Å²) in [6.45, 7) is 7.10. The minimum Gasteiger partial charge on any atom is -0.338 e. The van der Waals surface area contributed by atoms with E-state index in [0.29, 0.717) is 50.0 Å². The Hall–Kier alpha value is -2.99. The van der Waals surface area contributed by atoms with Crippen molar-refractivity contribution in [1.82, 2.24) is 24.7 Å². The van der Waals surface area contributed by atoms with Crippen LogP contribution >= 0.6 is 12.4 Å². The number of nitrogens with two attached hydrogens (primary N) is 2. The lowest BCUT2D eigenvalue weighted by Gasteiger charge is -2.37. The molecule has 1 aliphatic carbocycles. The number of halogens is 1. The second kappa shape index (κ2) is 13.6. The number of rotatable bonds is 7. The van der Waals surface area contributed by atoms with E-state index in [1.165, 1.54) is 10.1 Å². The van der Waals surface area contributed by atoms with E-state index < -0.39 is 11.2 Å². The van der Waals surface area contributed by atoms with E-state index in [1.807, 2.05) is 24.3 Å². The number of urea groups is 1. The molecule has 1 aromatic carbocycles. The number of hydrogen-bond donors (Lipinski definition) is 4. The largest absolute Gasteiger partial charge is 0.354 e. The fourth-order valence-corrected chi connectivity index (χ4v) is 5.27. The summed E-state index contributed by atoms with van der Waals surface area (Å²) in [5.74, 6) is 0.0418. The van der Waals surface area contributed by atoms with Gasteiger partial charge in [0.15, 0.2) is 0 Å². The highest BCUT2D eigenvalue weighted by Gasteiger charge is 2.31. The molecule has 2 aromatic rings. The van der Waals surface area contributed by atoms with Gasteiger partial charge >= 0.3 is 11.7 Å². The maximum atomic E-state index is 12.7. The number of nitrogens with one attached hydrogen (secondary N) is 2. The Labute approximate surface area is 242 Å². The van der Waals surface area contributed by atoms with Gasteiger partial charge in [-0.15, -0.1) is 12.4 Å². The molecule has 40 heavy (non-hydrogen) atoms. The zero-order valence-corrected chi connectivity index (χ0v) is 24.5. The Morgan fingerprint density at radius 1 is 1.02 bits per heavy atom. The maximum absolute atomic E-state index is 12.7. The molecule has 1 atom stereocenters. The third-order valence-corrected chi connectivity index (χ3v) is 7.49. The first-order valence-electron chi connectivity index (χ1n) is 13.8. The maximum Gasteiger partial charge on any atom is 0.354 e. The van der Waals surface area contributed by atoms with E-state index in [-0.39, 0.29) is 30.2 Å². The van der Waals surface area contributed by atoms with E-state index in [9.17, 15) is 14.4 Å². The standard InChI is InChI=1S/C28H42N8O3.ClH/c1-19(31-22-8-6-21(29)7-9-22)18-20-4-10-23(11-5-20)36-13-12-24(33-27(36)39)32-26(38)35-16-14-34(15-17-35)25(37)28(2,3)30;/h4-5,10-13,19,21-22,31H,6-9,14-18,29-30H2,1-3H3,(H,32,33,38,39);1H/t19?,21-,22-;. The molecule has 1 aromatic heterocycles. The van der Waals surface area contributed by atoms with Crippen LogP contribution in [-0.2, 0) is 11.2 Å². The summed E-state index contributed by atoms with van der Waals surface area (Å²) in [7, 11) is 0. The van der Waals surface area contributed by atoms with Gasteiger partial charge in [-0.25, -0.2) is 9.59 Å². The van der Waals surface area contributed by atoms with E-state index in [0.717, 1.165) is 32.1 Å². The monoisotopic (exact) mass is 574 g/mol. The van der Waals surface area contributed by atoms with Crippen molar-refractivity contribution in [1.29, 1.82) is 0 Å². The van der Waals surface area contributed by atoms with Crippen molar-refractivity contribution >= 4 is 30.2 Å². The predicted octanol–water partition coefficient (Wildman–Crippen LogP) is 1.86. The normalized spacial score (nSPS) is 20.4. The summed E-state index contributed by atoms with van der Waals surface area (Å²) in [5.41, 5.74) is 12.4. The number of benzene rings is 1. The molecule has 2 fully saturated rings. The van der Waals surface area contributed by atoms with Gasteiger partial charge in [0, 0.05) is 50.5 Å². The average Bonchev–Trinajstić information content (AvgIpc) is 2.90. The Morgan fingerprint density at radius 3 is 2.20 bits per heavy atom. The lowest BCUT2D eigenvalue weighted by Crippen LogP contribution is -2.58. The van der Waals surface area contributed by atoms with Crippen molar-refractivity contribution in [3.8, 4) is 5.69 Å². The van der Waals surface area contributed by atoms with Crippen LogP contribution in [0.3, 0.4) is 0 Å². The second-order valence-electron chi connectivity index (χ2n) is 11.4. The van der Waals surface area contributed by atoms with E-state index in [2.05, 4.69) is 22.5 Å². The van der Waals surface area contributed by atoms with Crippen LogP contribution in [0, 0.1) is 0 Å². The first-order chi connectivity index (χ1) is 18.5. The van der Waals surface area contributed by atoms with E-state index >= 15 is 0 Å². The van der Waals surface area contributed by atoms with Gasteiger partial charge in [0.1, 0.15) is 5.82 Å². The molecule has 0 spiro atoms. The predicted molar refractivity (Wildman–Crippen MR) is 159 cm³/mol. The number of carbonyl (C=O) groups is 2. The van der Waals surface area contributed by atoms with Gasteiger partial charge in [-0.2, -0.15) is 4.98 Å². The van der Waals surface area contributed by atoms with Crippen LogP contribution < -0.4 is 27.8 Å². The Balaban J connectivity index is 0.00000441. The van der Waals surface area contributed by atoms with E-state index in [1.54, 1.807) is 35.9 Å². The zero-order valence-electron chi connectivity index (χ0n) is 23.6. The minimum atomic E-state index is -0.946. The highest BCUT2D eigenvalue weighted by Crippen LogP contribution is 2.18. The second-order valence-corrected chi connectivity index (χ2v) is 11.4. The van der Waals surface area contributed by atoms with Gasteiger partial charge in [0.05, 0.1) is 11.2 Å². The summed E-state index contributed by atoms with van der Waals surface area (Å²) in [4.78, 5) is 45.1. The molecule has 1 saturated carbocycles. The van der Waals surface area contributed by atoms with Crippen LogP contribution in [-0.4, -0.2) is 81.1 Å². The SMILES string of the molecule is CC(Cc1ccc(-n2ccc(NC(=O)N3CCN(C(=O)C(C)(C)N)CC3)nc2=O)cc1)N[C@H]1CC[C@H](N)CC1.Cl. The highest BCUT2D eigenvalue weighted by molar-refractivity contribution is 5.89. The lowest BCUT2D eigenvalue weighted by atomic mass is 9.91. The molecule has 6 N–H and O–H groups in total. The third-order valence-electron chi connectivity index (χ3n) is 7.49. The number of amides is 3. The molecule has 2 heterocycles. The minimum absolute atomic E-state index is 0. The van der Waals surface area contributed by atoms with Gasteiger partial charge in [-0.05, 0) is 76.6 Å². The van der Waals surface area contributed by atoms with Crippen LogP contribution in [0.25, 0.3) is 5.69 Å². The Kier molecular flexibility index (Phi) is 10.7. The molecule has 1 unspecified atom stereocenters. The van der Waals surface area contributed by atoms with Gasteiger partial charge < -0.3 is 26.6 Å². The molecule has 4 rings (SSSR count). The molecule has 1 aliphatic heterocycles. The Bertz CT molecular complexity index is 1200. The highest BCUT2D eigenvalue weighted by atomic mass is 35.5. The van der Waals surface area contributed by atoms with Crippen LogP contribution in [0.1, 0.15) is 52.0 Å². The number of hydrogen-bond acceptors (Lipinski definition) is 7. The molecule has 220 valence electrons. The smallest absolute Gasteiger partial charge is 0.338 e. The summed E-state index contributed by atoms with van der Waals surface area (Å²) in [5, 5.41) is 6.41. The van der Waals surface area contributed by atoms with E-state index in [4.69, 9.17) is 11.5 Å². The van der Waals surface area contributed by atoms with Crippen molar-refractivity contribution in [2.24, 2.45) is 11.5 Å². The molecule has 3 amide bonds. The molecule has 12 heteroatoms. The average molecular weight is 575 g/mol.